The van der Waals surface area contributed by atoms with E-state index in [0.717, 1.165) is 5.76 Å². The maximum atomic E-state index is 11.1. The summed E-state index contributed by atoms with van der Waals surface area (Å²) in [5.41, 5.74) is 5.85. The summed E-state index contributed by atoms with van der Waals surface area (Å²) in [6.07, 6.45) is 1.34. The lowest BCUT2D eigenvalue weighted by Gasteiger charge is -2.06. The Morgan fingerprint density at radius 3 is 2.94 bits per heavy atom. The van der Waals surface area contributed by atoms with E-state index >= 15 is 0 Å². The summed E-state index contributed by atoms with van der Waals surface area (Å²) in [7, 11) is 1.36. The van der Waals surface area contributed by atoms with Crippen LogP contribution in [0.4, 0.5) is 0 Å². The highest BCUT2D eigenvalue weighted by Gasteiger charge is 2.36. The molecule has 1 aromatic heterocycles. The van der Waals surface area contributed by atoms with Crippen molar-refractivity contribution in [2.75, 3.05) is 7.11 Å². The molecule has 4 heteroatoms. The Hall–Kier alpha value is -1.29. The van der Waals surface area contributed by atoms with E-state index in [-0.39, 0.29) is 12.4 Å². The van der Waals surface area contributed by atoms with Crippen LogP contribution in [0.15, 0.2) is 16.5 Å². The summed E-state index contributed by atoms with van der Waals surface area (Å²) in [4.78, 5) is 11.1. The van der Waals surface area contributed by atoms with Gasteiger partial charge in [0.15, 0.2) is 0 Å². The van der Waals surface area contributed by atoms with Gasteiger partial charge in [-0.1, -0.05) is 6.92 Å². The molecule has 0 bridgehead atoms. The molecule has 2 rings (SSSR count). The molecule has 0 aromatic carbocycles. The average molecular weight is 223 g/mol. The number of nitrogens with two attached hydrogens (primary N) is 1. The number of methoxy groups -OCH3 is 1. The number of esters is 1. The van der Waals surface area contributed by atoms with Gasteiger partial charge in [-0.25, -0.2) is 0 Å². The number of ether oxygens (including phenoxy) is 1. The number of furan rings is 1. The van der Waals surface area contributed by atoms with E-state index < -0.39 is 6.04 Å². The summed E-state index contributed by atoms with van der Waals surface area (Å²) in [6, 6.07) is 3.41. The molecule has 0 aliphatic heterocycles. The lowest BCUT2D eigenvalue weighted by molar-refractivity contribution is -0.141. The van der Waals surface area contributed by atoms with Gasteiger partial charge in [0.05, 0.1) is 19.6 Å². The maximum Gasteiger partial charge on any atom is 0.307 e. The van der Waals surface area contributed by atoms with Crippen molar-refractivity contribution in [1.82, 2.24) is 0 Å². The Bertz CT molecular complexity index is 385. The third kappa shape index (κ3) is 2.27. The molecule has 0 saturated heterocycles. The standard InChI is InChI=1S/C12H17NO3/c1-7-5-8(7)10-3-4-11(16-10)9(13)6-12(14)15-2/h3-4,7-9H,5-6,13H2,1-2H3. The zero-order chi connectivity index (χ0) is 11.7. The highest BCUT2D eigenvalue weighted by atomic mass is 16.5. The molecule has 2 N–H and O–H groups in total. The van der Waals surface area contributed by atoms with Crippen LogP contribution in [0.3, 0.4) is 0 Å². The van der Waals surface area contributed by atoms with E-state index in [2.05, 4.69) is 11.7 Å². The first kappa shape index (κ1) is 11.2. The van der Waals surface area contributed by atoms with Gasteiger partial charge in [-0.15, -0.1) is 0 Å². The number of hydrogen-bond donors (Lipinski definition) is 1. The van der Waals surface area contributed by atoms with Crippen molar-refractivity contribution in [3.8, 4) is 0 Å². The predicted molar refractivity (Wildman–Crippen MR) is 58.8 cm³/mol. The molecule has 0 radical (unpaired) electrons. The van der Waals surface area contributed by atoms with Crippen LogP contribution in [-0.4, -0.2) is 13.1 Å². The van der Waals surface area contributed by atoms with Crippen molar-refractivity contribution in [2.24, 2.45) is 11.7 Å². The van der Waals surface area contributed by atoms with Crippen LogP contribution in [0.2, 0.25) is 0 Å². The molecule has 1 aromatic rings. The molecule has 1 fully saturated rings. The third-order valence-corrected chi connectivity index (χ3v) is 3.10. The molecule has 1 aliphatic rings. The Morgan fingerprint density at radius 1 is 1.69 bits per heavy atom. The Labute approximate surface area is 94.8 Å². The van der Waals surface area contributed by atoms with E-state index in [1.807, 2.05) is 12.1 Å². The summed E-state index contributed by atoms with van der Waals surface area (Å²) in [5.74, 6) is 2.59. The van der Waals surface area contributed by atoms with E-state index in [0.29, 0.717) is 17.6 Å². The smallest absolute Gasteiger partial charge is 0.307 e. The number of carbonyl (C=O) groups excluding carboxylic acids is 1. The lowest BCUT2D eigenvalue weighted by atomic mass is 10.2. The topological polar surface area (TPSA) is 65.5 Å². The second-order valence-corrected chi connectivity index (χ2v) is 4.45. The summed E-state index contributed by atoms with van der Waals surface area (Å²) >= 11 is 0. The van der Waals surface area contributed by atoms with E-state index in [1.165, 1.54) is 13.5 Å². The van der Waals surface area contributed by atoms with Crippen LogP contribution in [0.1, 0.15) is 43.2 Å². The van der Waals surface area contributed by atoms with Gasteiger partial charge in [-0.2, -0.15) is 0 Å². The van der Waals surface area contributed by atoms with Gasteiger partial charge in [0.1, 0.15) is 11.5 Å². The fourth-order valence-corrected chi connectivity index (χ4v) is 1.85. The predicted octanol–water partition coefficient (Wildman–Crippen LogP) is 1.97. The first-order valence-corrected chi connectivity index (χ1v) is 5.54. The summed E-state index contributed by atoms with van der Waals surface area (Å²) < 4.78 is 10.2. The fourth-order valence-electron chi connectivity index (χ4n) is 1.85. The SMILES string of the molecule is COC(=O)CC(N)c1ccc(C2CC2C)o1. The van der Waals surface area contributed by atoms with Crippen LogP contribution in [0, 0.1) is 5.92 Å². The number of hydrogen-bond acceptors (Lipinski definition) is 4. The maximum absolute atomic E-state index is 11.1. The zero-order valence-electron chi connectivity index (χ0n) is 9.60. The van der Waals surface area contributed by atoms with Crippen LogP contribution >= 0.6 is 0 Å². The fraction of sp³-hybridized carbons (Fsp3) is 0.583. The van der Waals surface area contributed by atoms with Crippen LogP contribution < -0.4 is 5.73 Å². The van der Waals surface area contributed by atoms with Crippen molar-refractivity contribution >= 4 is 5.97 Å². The first-order valence-electron chi connectivity index (χ1n) is 5.54. The van der Waals surface area contributed by atoms with E-state index in [4.69, 9.17) is 10.2 Å². The molecule has 1 heterocycles. The van der Waals surface area contributed by atoms with Gasteiger partial charge in [0.2, 0.25) is 0 Å². The molecular weight excluding hydrogens is 206 g/mol. The van der Waals surface area contributed by atoms with Gasteiger partial charge in [0, 0.05) is 5.92 Å². The Morgan fingerprint density at radius 2 is 2.38 bits per heavy atom. The highest BCUT2D eigenvalue weighted by Crippen LogP contribution is 2.47. The summed E-state index contributed by atoms with van der Waals surface area (Å²) in [6.45, 7) is 2.20. The molecule has 0 spiro atoms. The van der Waals surface area contributed by atoms with Crippen molar-refractivity contribution < 1.29 is 13.9 Å². The van der Waals surface area contributed by atoms with Crippen molar-refractivity contribution in [2.45, 2.75) is 31.7 Å². The molecule has 4 nitrogen and oxygen atoms in total. The van der Waals surface area contributed by atoms with Gasteiger partial charge in [-0.05, 0) is 24.5 Å². The van der Waals surface area contributed by atoms with Crippen molar-refractivity contribution in [3.63, 3.8) is 0 Å². The second-order valence-electron chi connectivity index (χ2n) is 4.45. The Kier molecular flexibility index (Phi) is 3.01. The minimum Gasteiger partial charge on any atom is -0.469 e. The Balaban J connectivity index is 1.98. The minimum absolute atomic E-state index is 0.156. The largest absolute Gasteiger partial charge is 0.469 e. The zero-order valence-corrected chi connectivity index (χ0v) is 9.60. The van der Waals surface area contributed by atoms with E-state index in [9.17, 15) is 4.79 Å². The lowest BCUT2D eigenvalue weighted by Crippen LogP contribution is -2.15. The quantitative estimate of drug-likeness (QED) is 0.792. The van der Waals surface area contributed by atoms with Crippen LogP contribution in [0.25, 0.3) is 0 Å². The molecule has 1 saturated carbocycles. The third-order valence-electron chi connectivity index (χ3n) is 3.10. The van der Waals surface area contributed by atoms with Gasteiger partial charge < -0.3 is 14.9 Å². The van der Waals surface area contributed by atoms with Gasteiger partial charge >= 0.3 is 5.97 Å². The molecular formula is C12H17NO3. The molecule has 88 valence electrons. The highest BCUT2D eigenvalue weighted by molar-refractivity contribution is 5.70. The van der Waals surface area contributed by atoms with Crippen LogP contribution in [-0.2, 0) is 9.53 Å². The summed E-state index contributed by atoms with van der Waals surface area (Å²) in [5, 5.41) is 0. The van der Waals surface area contributed by atoms with Crippen LogP contribution in [0.5, 0.6) is 0 Å². The van der Waals surface area contributed by atoms with Gasteiger partial charge in [-0.3, -0.25) is 4.79 Å². The molecule has 3 atom stereocenters. The molecule has 16 heavy (non-hydrogen) atoms. The normalized spacial score (nSPS) is 25.2. The van der Waals surface area contributed by atoms with Crippen molar-refractivity contribution in [3.05, 3.63) is 23.7 Å². The first-order chi connectivity index (χ1) is 7.61. The van der Waals surface area contributed by atoms with E-state index in [1.54, 1.807) is 0 Å². The average Bonchev–Trinajstić information content (AvgIpc) is 2.82. The monoisotopic (exact) mass is 223 g/mol. The van der Waals surface area contributed by atoms with Gasteiger partial charge in [0.25, 0.3) is 0 Å². The minimum atomic E-state index is -0.407. The molecule has 3 unspecified atom stereocenters. The number of carbonyl (C=O) groups is 1. The number of rotatable bonds is 4. The van der Waals surface area contributed by atoms with Crippen molar-refractivity contribution in [1.29, 1.82) is 0 Å². The second kappa shape index (κ2) is 4.29. The molecule has 0 amide bonds. The molecule has 1 aliphatic carbocycles.